The zero-order valence-electron chi connectivity index (χ0n) is 9.98. The lowest BCUT2D eigenvalue weighted by Gasteiger charge is -2.03. The molecule has 0 bridgehead atoms. The van der Waals surface area contributed by atoms with Crippen LogP contribution in [0, 0.1) is 0 Å². The van der Waals surface area contributed by atoms with Crippen LogP contribution in [0.15, 0.2) is 47.5 Å². The van der Waals surface area contributed by atoms with Gasteiger partial charge in [0, 0.05) is 11.4 Å². The number of rotatable bonds is 2. The summed E-state index contributed by atoms with van der Waals surface area (Å²) < 4.78 is 5.23. The maximum atomic E-state index is 5.98. The minimum Gasteiger partial charge on any atom is -0.497 e. The standard InChI is InChI=1S/C15H12ClNO/c1-18-13-4-2-3-10(7-13)14-8-11-5-6-12(16)9-15(11)17-14/h2-7,9H,8H2,1H3. The summed E-state index contributed by atoms with van der Waals surface area (Å²) in [5, 5.41) is 0.726. The molecule has 3 heteroatoms. The first-order valence-electron chi connectivity index (χ1n) is 5.77. The zero-order valence-corrected chi connectivity index (χ0v) is 10.7. The van der Waals surface area contributed by atoms with E-state index in [1.807, 2.05) is 36.4 Å². The Bertz CT molecular complexity index is 634. The van der Waals surface area contributed by atoms with Gasteiger partial charge in [-0.25, -0.2) is 0 Å². The molecule has 0 radical (unpaired) electrons. The number of aliphatic imine (C=N–C) groups is 1. The zero-order chi connectivity index (χ0) is 12.5. The molecular weight excluding hydrogens is 246 g/mol. The fourth-order valence-electron chi connectivity index (χ4n) is 2.13. The molecule has 3 rings (SSSR count). The average molecular weight is 258 g/mol. The summed E-state index contributed by atoms with van der Waals surface area (Å²) >= 11 is 5.98. The Labute approximate surface area is 111 Å². The third-order valence-electron chi connectivity index (χ3n) is 3.06. The third-order valence-corrected chi connectivity index (χ3v) is 3.30. The summed E-state index contributed by atoms with van der Waals surface area (Å²) in [6.07, 6.45) is 0.847. The monoisotopic (exact) mass is 257 g/mol. The smallest absolute Gasteiger partial charge is 0.119 e. The predicted octanol–water partition coefficient (Wildman–Crippen LogP) is 4.03. The van der Waals surface area contributed by atoms with E-state index < -0.39 is 0 Å². The van der Waals surface area contributed by atoms with Crippen molar-refractivity contribution >= 4 is 23.0 Å². The van der Waals surface area contributed by atoms with E-state index >= 15 is 0 Å². The molecule has 2 nitrogen and oxygen atoms in total. The lowest BCUT2D eigenvalue weighted by atomic mass is 10.0. The van der Waals surface area contributed by atoms with Crippen LogP contribution in [0.2, 0.25) is 5.02 Å². The van der Waals surface area contributed by atoms with Crippen LogP contribution < -0.4 is 4.74 Å². The van der Waals surface area contributed by atoms with Gasteiger partial charge in [-0.05, 0) is 35.4 Å². The number of nitrogens with zero attached hydrogens (tertiary/aromatic N) is 1. The molecule has 0 aliphatic carbocycles. The maximum Gasteiger partial charge on any atom is 0.119 e. The van der Waals surface area contributed by atoms with Gasteiger partial charge in [0.05, 0.1) is 18.5 Å². The number of methoxy groups -OCH3 is 1. The van der Waals surface area contributed by atoms with Gasteiger partial charge in [0.25, 0.3) is 0 Å². The largest absolute Gasteiger partial charge is 0.497 e. The van der Waals surface area contributed by atoms with E-state index in [1.165, 1.54) is 5.56 Å². The van der Waals surface area contributed by atoms with Gasteiger partial charge in [-0.3, -0.25) is 4.99 Å². The van der Waals surface area contributed by atoms with Crippen molar-refractivity contribution in [2.75, 3.05) is 7.11 Å². The second-order valence-electron chi connectivity index (χ2n) is 4.24. The minimum absolute atomic E-state index is 0.726. The summed E-state index contributed by atoms with van der Waals surface area (Å²) in [5.74, 6) is 0.851. The fourth-order valence-corrected chi connectivity index (χ4v) is 2.29. The van der Waals surface area contributed by atoms with Crippen LogP contribution in [0.5, 0.6) is 5.75 Å². The van der Waals surface area contributed by atoms with Crippen LogP contribution >= 0.6 is 11.6 Å². The molecule has 0 N–H and O–H groups in total. The Hall–Kier alpha value is -1.80. The number of ether oxygens (including phenoxy) is 1. The van der Waals surface area contributed by atoms with E-state index in [9.17, 15) is 0 Å². The van der Waals surface area contributed by atoms with E-state index in [0.717, 1.165) is 34.2 Å². The van der Waals surface area contributed by atoms with Crippen LogP contribution in [-0.2, 0) is 6.42 Å². The van der Waals surface area contributed by atoms with Crippen LogP contribution in [0.4, 0.5) is 5.69 Å². The molecular formula is C15H12ClNO. The molecule has 0 atom stereocenters. The van der Waals surface area contributed by atoms with Crippen LogP contribution in [0.3, 0.4) is 0 Å². The van der Waals surface area contributed by atoms with Crippen molar-refractivity contribution in [3.8, 4) is 5.75 Å². The highest BCUT2D eigenvalue weighted by molar-refractivity contribution is 6.31. The molecule has 0 saturated heterocycles. The van der Waals surface area contributed by atoms with E-state index in [4.69, 9.17) is 16.3 Å². The first kappa shape index (κ1) is 11.3. The summed E-state index contributed by atoms with van der Waals surface area (Å²) in [5.41, 5.74) is 4.35. The van der Waals surface area contributed by atoms with Crippen molar-refractivity contribution in [3.05, 3.63) is 58.6 Å². The van der Waals surface area contributed by atoms with E-state index in [2.05, 4.69) is 11.1 Å². The average Bonchev–Trinajstić information content (AvgIpc) is 2.81. The van der Waals surface area contributed by atoms with Gasteiger partial charge in [0.1, 0.15) is 5.75 Å². The van der Waals surface area contributed by atoms with E-state index in [1.54, 1.807) is 7.11 Å². The van der Waals surface area contributed by atoms with Crippen molar-refractivity contribution in [3.63, 3.8) is 0 Å². The Balaban J connectivity index is 1.98. The normalized spacial score (nSPS) is 13.1. The second-order valence-corrected chi connectivity index (χ2v) is 4.68. The van der Waals surface area contributed by atoms with Gasteiger partial charge in [0.2, 0.25) is 0 Å². The van der Waals surface area contributed by atoms with Crippen LogP contribution in [-0.4, -0.2) is 12.8 Å². The molecule has 0 amide bonds. The molecule has 1 aliphatic rings. The van der Waals surface area contributed by atoms with Crippen molar-refractivity contribution in [1.29, 1.82) is 0 Å². The molecule has 90 valence electrons. The topological polar surface area (TPSA) is 21.6 Å². The molecule has 0 unspecified atom stereocenters. The Morgan fingerprint density at radius 1 is 1.17 bits per heavy atom. The summed E-state index contributed by atoms with van der Waals surface area (Å²) in [4.78, 5) is 4.63. The lowest BCUT2D eigenvalue weighted by Crippen LogP contribution is -2.00. The van der Waals surface area contributed by atoms with Gasteiger partial charge < -0.3 is 4.74 Å². The fraction of sp³-hybridized carbons (Fsp3) is 0.133. The highest BCUT2D eigenvalue weighted by atomic mass is 35.5. The summed E-state index contributed by atoms with van der Waals surface area (Å²) in [7, 11) is 1.67. The predicted molar refractivity (Wildman–Crippen MR) is 74.3 cm³/mol. The van der Waals surface area contributed by atoms with E-state index in [0.29, 0.717) is 0 Å². The third kappa shape index (κ3) is 2.00. The lowest BCUT2D eigenvalue weighted by molar-refractivity contribution is 0.414. The molecule has 0 spiro atoms. The molecule has 1 heterocycles. The van der Waals surface area contributed by atoms with Crippen molar-refractivity contribution in [2.24, 2.45) is 4.99 Å². The van der Waals surface area contributed by atoms with Gasteiger partial charge in [-0.1, -0.05) is 29.8 Å². The number of halogens is 1. The highest BCUT2D eigenvalue weighted by Gasteiger charge is 2.16. The molecule has 0 fully saturated rings. The molecule has 2 aromatic rings. The first-order valence-corrected chi connectivity index (χ1v) is 6.14. The highest BCUT2D eigenvalue weighted by Crippen LogP contribution is 2.31. The minimum atomic E-state index is 0.726. The Morgan fingerprint density at radius 2 is 2.06 bits per heavy atom. The number of benzene rings is 2. The van der Waals surface area contributed by atoms with Gasteiger partial charge in [-0.2, -0.15) is 0 Å². The summed E-state index contributed by atoms with van der Waals surface area (Å²) in [6.45, 7) is 0. The second kappa shape index (κ2) is 4.46. The SMILES string of the molecule is COc1cccc(C2=Nc3cc(Cl)ccc3C2)c1. The van der Waals surface area contributed by atoms with Crippen molar-refractivity contribution in [2.45, 2.75) is 6.42 Å². The molecule has 1 aliphatic heterocycles. The first-order chi connectivity index (χ1) is 8.76. The molecule has 0 aromatic heterocycles. The van der Waals surface area contributed by atoms with Gasteiger partial charge in [-0.15, -0.1) is 0 Å². The maximum absolute atomic E-state index is 5.98. The van der Waals surface area contributed by atoms with Gasteiger partial charge in [0.15, 0.2) is 0 Å². The molecule has 0 saturated carbocycles. The number of hydrogen-bond donors (Lipinski definition) is 0. The van der Waals surface area contributed by atoms with E-state index in [-0.39, 0.29) is 0 Å². The van der Waals surface area contributed by atoms with Crippen LogP contribution in [0.1, 0.15) is 11.1 Å². The van der Waals surface area contributed by atoms with Crippen molar-refractivity contribution in [1.82, 2.24) is 0 Å². The Kier molecular flexibility index (Phi) is 2.80. The molecule has 2 aromatic carbocycles. The van der Waals surface area contributed by atoms with Crippen molar-refractivity contribution < 1.29 is 4.74 Å². The molecule has 18 heavy (non-hydrogen) atoms. The Morgan fingerprint density at radius 3 is 2.89 bits per heavy atom. The van der Waals surface area contributed by atoms with Crippen LogP contribution in [0.25, 0.3) is 0 Å². The quantitative estimate of drug-likeness (QED) is 0.796. The summed E-state index contributed by atoms with van der Waals surface area (Å²) in [6, 6.07) is 13.8. The van der Waals surface area contributed by atoms with Gasteiger partial charge >= 0.3 is 0 Å². The number of fused-ring (bicyclic) bond motifs is 1. The number of hydrogen-bond acceptors (Lipinski definition) is 2.